The monoisotopic (exact) mass is 263 g/mol. The summed E-state index contributed by atoms with van der Waals surface area (Å²) in [5.41, 5.74) is 0. The smallest absolute Gasteiger partial charge is 0.0702 e. The van der Waals surface area contributed by atoms with Gasteiger partial charge >= 0.3 is 0 Å². The van der Waals surface area contributed by atoms with Crippen LogP contribution in [-0.2, 0) is 4.74 Å². The van der Waals surface area contributed by atoms with Crippen LogP contribution in [0.15, 0.2) is 0 Å². The maximum absolute atomic E-state index is 5.67. The molecule has 1 fully saturated rings. The van der Waals surface area contributed by atoms with Crippen molar-refractivity contribution in [3.8, 4) is 0 Å². The van der Waals surface area contributed by atoms with Crippen LogP contribution in [0, 0.1) is 5.92 Å². The minimum absolute atomic E-state index is 0.483. The van der Waals surface area contributed by atoms with Crippen molar-refractivity contribution in [3.05, 3.63) is 0 Å². The number of rotatable bonds is 5. The van der Waals surface area contributed by atoms with Crippen LogP contribution in [0.5, 0.6) is 0 Å². The molecular formula is C11H22BrNO. The standard InChI is InChI=1S/C11H22BrNO/c1-3-14-11-5-4-6-13(9-11)8-10(2)7-12/h10-11H,3-9H2,1-2H3. The molecule has 0 aliphatic carbocycles. The van der Waals surface area contributed by atoms with Gasteiger partial charge in [-0.25, -0.2) is 0 Å². The van der Waals surface area contributed by atoms with E-state index in [0.29, 0.717) is 6.10 Å². The SMILES string of the molecule is CCOC1CCCN(CC(C)CBr)C1. The summed E-state index contributed by atoms with van der Waals surface area (Å²) in [4.78, 5) is 2.54. The molecule has 2 unspecified atom stereocenters. The fraction of sp³-hybridized carbons (Fsp3) is 1.00. The molecule has 0 spiro atoms. The second-order valence-electron chi connectivity index (χ2n) is 4.24. The first kappa shape index (κ1) is 12.5. The molecule has 2 nitrogen and oxygen atoms in total. The molecule has 2 atom stereocenters. The number of nitrogens with zero attached hydrogens (tertiary/aromatic N) is 1. The lowest BCUT2D eigenvalue weighted by Crippen LogP contribution is -2.41. The predicted octanol–water partition coefficient (Wildman–Crippen LogP) is 2.52. The van der Waals surface area contributed by atoms with E-state index in [1.807, 2.05) is 0 Å². The quantitative estimate of drug-likeness (QED) is 0.707. The molecular weight excluding hydrogens is 242 g/mol. The molecule has 0 bridgehead atoms. The van der Waals surface area contributed by atoms with Crippen LogP contribution in [0.3, 0.4) is 0 Å². The average Bonchev–Trinajstić information content (AvgIpc) is 2.19. The molecule has 0 radical (unpaired) electrons. The van der Waals surface area contributed by atoms with Gasteiger partial charge in [0.05, 0.1) is 6.10 Å². The molecule has 1 saturated heterocycles. The largest absolute Gasteiger partial charge is 0.377 e. The number of alkyl halides is 1. The number of likely N-dealkylation sites (tertiary alicyclic amines) is 1. The van der Waals surface area contributed by atoms with Gasteiger partial charge < -0.3 is 9.64 Å². The highest BCUT2D eigenvalue weighted by Gasteiger charge is 2.20. The first-order valence-electron chi connectivity index (χ1n) is 5.66. The molecule has 0 aromatic heterocycles. The zero-order chi connectivity index (χ0) is 10.4. The second kappa shape index (κ2) is 6.81. The summed E-state index contributed by atoms with van der Waals surface area (Å²) < 4.78 is 5.67. The highest BCUT2D eigenvalue weighted by molar-refractivity contribution is 9.09. The number of hydrogen-bond donors (Lipinski definition) is 0. The van der Waals surface area contributed by atoms with Gasteiger partial charge in [0.25, 0.3) is 0 Å². The molecule has 1 aliphatic heterocycles. The van der Waals surface area contributed by atoms with E-state index in [1.165, 1.54) is 25.9 Å². The van der Waals surface area contributed by atoms with Gasteiger partial charge in [-0.3, -0.25) is 0 Å². The van der Waals surface area contributed by atoms with Gasteiger partial charge in [-0.2, -0.15) is 0 Å². The summed E-state index contributed by atoms with van der Waals surface area (Å²) in [6, 6.07) is 0. The van der Waals surface area contributed by atoms with Crippen LogP contribution in [0.1, 0.15) is 26.7 Å². The Balaban J connectivity index is 2.25. The fourth-order valence-electron chi connectivity index (χ4n) is 2.04. The third-order valence-corrected chi connectivity index (χ3v) is 3.80. The van der Waals surface area contributed by atoms with E-state index in [-0.39, 0.29) is 0 Å². The van der Waals surface area contributed by atoms with Gasteiger partial charge in [0.2, 0.25) is 0 Å². The van der Waals surface area contributed by atoms with E-state index in [4.69, 9.17) is 4.74 Å². The molecule has 0 saturated carbocycles. The molecule has 1 rings (SSSR count). The molecule has 0 amide bonds. The number of hydrogen-bond acceptors (Lipinski definition) is 2. The molecule has 0 aromatic rings. The van der Waals surface area contributed by atoms with Crippen molar-refractivity contribution in [2.45, 2.75) is 32.8 Å². The predicted molar refractivity (Wildman–Crippen MR) is 64.0 cm³/mol. The Kier molecular flexibility index (Phi) is 6.06. The van der Waals surface area contributed by atoms with Gasteiger partial charge in [-0.05, 0) is 32.2 Å². The normalized spacial score (nSPS) is 26.4. The topological polar surface area (TPSA) is 12.5 Å². The minimum atomic E-state index is 0.483. The molecule has 84 valence electrons. The first-order valence-corrected chi connectivity index (χ1v) is 6.78. The van der Waals surface area contributed by atoms with Crippen molar-refractivity contribution < 1.29 is 4.74 Å². The first-order chi connectivity index (χ1) is 6.76. The van der Waals surface area contributed by atoms with Crippen molar-refractivity contribution in [3.63, 3.8) is 0 Å². The van der Waals surface area contributed by atoms with Crippen molar-refractivity contribution in [2.75, 3.05) is 31.6 Å². The van der Waals surface area contributed by atoms with Crippen LogP contribution in [0.4, 0.5) is 0 Å². The summed E-state index contributed by atoms with van der Waals surface area (Å²) in [7, 11) is 0. The van der Waals surface area contributed by atoms with E-state index < -0.39 is 0 Å². The van der Waals surface area contributed by atoms with E-state index in [1.54, 1.807) is 0 Å². The summed E-state index contributed by atoms with van der Waals surface area (Å²) >= 11 is 3.53. The number of piperidine rings is 1. The lowest BCUT2D eigenvalue weighted by atomic mass is 10.1. The number of ether oxygens (including phenoxy) is 1. The molecule has 0 N–H and O–H groups in total. The molecule has 14 heavy (non-hydrogen) atoms. The highest BCUT2D eigenvalue weighted by Crippen LogP contribution is 2.15. The maximum atomic E-state index is 5.67. The summed E-state index contributed by atoms with van der Waals surface area (Å²) in [6.45, 7) is 8.81. The zero-order valence-corrected chi connectivity index (χ0v) is 10.9. The summed E-state index contributed by atoms with van der Waals surface area (Å²) in [6.07, 6.45) is 3.02. The Bertz CT molecular complexity index is 152. The zero-order valence-electron chi connectivity index (χ0n) is 9.34. The minimum Gasteiger partial charge on any atom is -0.377 e. The molecule has 3 heteroatoms. The average molecular weight is 264 g/mol. The van der Waals surface area contributed by atoms with E-state index >= 15 is 0 Å². The van der Waals surface area contributed by atoms with Gasteiger partial charge in [0.1, 0.15) is 0 Å². The van der Waals surface area contributed by atoms with Crippen LogP contribution in [0.2, 0.25) is 0 Å². The number of halogens is 1. The van der Waals surface area contributed by atoms with Crippen LogP contribution in [0.25, 0.3) is 0 Å². The Morgan fingerprint density at radius 2 is 2.36 bits per heavy atom. The van der Waals surface area contributed by atoms with Crippen molar-refractivity contribution >= 4 is 15.9 Å². The van der Waals surface area contributed by atoms with E-state index in [2.05, 4.69) is 34.7 Å². The van der Waals surface area contributed by atoms with Gasteiger partial charge in [0, 0.05) is 25.0 Å². The van der Waals surface area contributed by atoms with E-state index in [9.17, 15) is 0 Å². The summed E-state index contributed by atoms with van der Waals surface area (Å²) in [5, 5.41) is 1.10. The Hall–Kier alpha value is 0.400. The van der Waals surface area contributed by atoms with Crippen molar-refractivity contribution in [1.82, 2.24) is 4.90 Å². The Morgan fingerprint density at radius 3 is 3.00 bits per heavy atom. The summed E-state index contributed by atoms with van der Waals surface area (Å²) in [5.74, 6) is 0.746. The van der Waals surface area contributed by atoms with Gasteiger partial charge in [0.15, 0.2) is 0 Å². The van der Waals surface area contributed by atoms with Crippen LogP contribution < -0.4 is 0 Å². The lowest BCUT2D eigenvalue weighted by molar-refractivity contribution is 0.00327. The Labute approximate surface area is 96.1 Å². The maximum Gasteiger partial charge on any atom is 0.0702 e. The molecule has 0 aromatic carbocycles. The van der Waals surface area contributed by atoms with E-state index in [0.717, 1.165) is 24.4 Å². The second-order valence-corrected chi connectivity index (χ2v) is 4.89. The Morgan fingerprint density at radius 1 is 1.57 bits per heavy atom. The lowest BCUT2D eigenvalue weighted by Gasteiger charge is -2.33. The van der Waals surface area contributed by atoms with Crippen LogP contribution >= 0.6 is 15.9 Å². The third kappa shape index (κ3) is 4.28. The third-order valence-electron chi connectivity index (χ3n) is 2.70. The molecule has 1 aliphatic rings. The van der Waals surface area contributed by atoms with Gasteiger partial charge in [-0.1, -0.05) is 22.9 Å². The van der Waals surface area contributed by atoms with Crippen molar-refractivity contribution in [1.29, 1.82) is 0 Å². The van der Waals surface area contributed by atoms with Crippen LogP contribution in [-0.4, -0.2) is 42.6 Å². The highest BCUT2D eigenvalue weighted by atomic mass is 79.9. The van der Waals surface area contributed by atoms with Crippen molar-refractivity contribution in [2.24, 2.45) is 5.92 Å². The van der Waals surface area contributed by atoms with Gasteiger partial charge in [-0.15, -0.1) is 0 Å². The fourth-order valence-corrected chi connectivity index (χ4v) is 2.25. The molecule has 1 heterocycles.